The van der Waals surface area contributed by atoms with E-state index in [1.54, 1.807) is 0 Å². The van der Waals surface area contributed by atoms with Crippen LogP contribution in [0.4, 0.5) is 17.1 Å². The van der Waals surface area contributed by atoms with E-state index in [1.807, 2.05) is 0 Å². The molecule has 268 valence electrons. The molecule has 0 amide bonds. The molecule has 11 rings (SSSR count). The summed E-state index contributed by atoms with van der Waals surface area (Å²) in [6, 6.07) is 84.2. The Bertz CT molecular complexity index is 3020. The normalized spacial score (nSPS) is 12.7. The van der Waals surface area contributed by atoms with Crippen LogP contribution in [0, 0.1) is 0 Å². The smallest absolute Gasteiger partial charge is 0.0713 e. The van der Waals surface area contributed by atoms with Gasteiger partial charge in [-0.15, -0.1) is 0 Å². The highest BCUT2D eigenvalue weighted by molar-refractivity contribution is 6.10. The number of fused-ring (bicyclic) bond motifs is 6. The Labute approximate surface area is 333 Å². The van der Waals surface area contributed by atoms with E-state index in [0.717, 1.165) is 22.7 Å². The van der Waals surface area contributed by atoms with Gasteiger partial charge in [-0.25, -0.2) is 0 Å². The second-order valence-electron chi connectivity index (χ2n) is 14.9. The molecule has 0 saturated carbocycles. The summed E-state index contributed by atoms with van der Waals surface area (Å²) in [5.41, 5.74) is 16.4. The minimum atomic E-state index is -0.446. The number of benzene rings is 9. The minimum Gasteiger partial charge on any atom is -0.310 e. The third kappa shape index (κ3) is 5.18. The molecule has 0 unspecified atom stereocenters. The molecule has 10 aromatic rings. The van der Waals surface area contributed by atoms with Crippen molar-refractivity contribution in [1.29, 1.82) is 0 Å². The topological polar surface area (TPSA) is 8.17 Å². The molecule has 1 aromatic heterocycles. The SMILES string of the molecule is c1ccc(-c2cccc(-n3c4ccccc4c4ccc(N(c5ccccc5)c5ccc6c(c5)-c5ccccc5C6(c5ccccc5)c5ccccc5)cc43)c2)cc1. The fourth-order valence-electron chi connectivity index (χ4n) is 9.43. The zero-order valence-electron chi connectivity index (χ0n) is 31.3. The first-order valence-electron chi connectivity index (χ1n) is 19.7. The van der Waals surface area contributed by atoms with Gasteiger partial charge in [-0.1, -0.05) is 176 Å². The average molecular weight is 727 g/mol. The number of nitrogens with zero attached hydrogens (tertiary/aromatic N) is 2. The lowest BCUT2D eigenvalue weighted by Crippen LogP contribution is -2.28. The fraction of sp³-hybridized carbons (Fsp3) is 0.0182. The number of rotatable bonds is 7. The van der Waals surface area contributed by atoms with Crippen molar-refractivity contribution >= 4 is 38.9 Å². The Morgan fingerprint density at radius 1 is 0.333 bits per heavy atom. The molecule has 2 nitrogen and oxygen atoms in total. The van der Waals surface area contributed by atoms with E-state index in [2.05, 4.69) is 240 Å². The van der Waals surface area contributed by atoms with Gasteiger partial charge in [0.2, 0.25) is 0 Å². The van der Waals surface area contributed by atoms with Crippen LogP contribution in [0.1, 0.15) is 22.3 Å². The van der Waals surface area contributed by atoms with Gasteiger partial charge in [-0.05, 0) is 99.1 Å². The highest BCUT2D eigenvalue weighted by Crippen LogP contribution is 2.57. The van der Waals surface area contributed by atoms with Gasteiger partial charge in [-0.3, -0.25) is 0 Å². The van der Waals surface area contributed by atoms with Gasteiger partial charge in [0, 0.05) is 33.5 Å². The van der Waals surface area contributed by atoms with Gasteiger partial charge in [0.25, 0.3) is 0 Å². The van der Waals surface area contributed by atoms with E-state index in [0.29, 0.717) is 0 Å². The summed E-state index contributed by atoms with van der Waals surface area (Å²) in [6.07, 6.45) is 0. The van der Waals surface area contributed by atoms with Crippen LogP contribution in [0.2, 0.25) is 0 Å². The summed E-state index contributed by atoms with van der Waals surface area (Å²) in [4.78, 5) is 2.41. The standard InChI is InChI=1S/C55H38N2/c1-5-18-39(19-6-1)40-20-17-27-44(36-40)57-53-31-16-14-29-48(53)49-34-32-46(38-54(49)57)56(43-25-11-4-12-26-43)45-33-35-52-50(37-45)47-28-13-15-30-51(47)55(52,41-21-7-2-8-22-41)42-23-9-3-10-24-42/h1-38H. The minimum absolute atomic E-state index is 0.446. The molecule has 1 aliphatic rings. The molecule has 57 heavy (non-hydrogen) atoms. The first-order chi connectivity index (χ1) is 28.3. The summed E-state index contributed by atoms with van der Waals surface area (Å²) < 4.78 is 2.43. The summed E-state index contributed by atoms with van der Waals surface area (Å²) in [5, 5.41) is 2.47. The van der Waals surface area contributed by atoms with E-state index in [9.17, 15) is 0 Å². The first-order valence-corrected chi connectivity index (χ1v) is 19.7. The molecule has 0 radical (unpaired) electrons. The van der Waals surface area contributed by atoms with E-state index in [1.165, 1.54) is 66.3 Å². The molecule has 9 aromatic carbocycles. The lowest BCUT2D eigenvalue weighted by molar-refractivity contribution is 0.768. The zero-order chi connectivity index (χ0) is 37.8. The van der Waals surface area contributed by atoms with Crippen molar-refractivity contribution in [2.75, 3.05) is 4.90 Å². The molecule has 1 heterocycles. The molecule has 0 atom stereocenters. The molecular weight excluding hydrogens is 689 g/mol. The first kappa shape index (κ1) is 33.0. The zero-order valence-corrected chi connectivity index (χ0v) is 31.3. The Hall–Kier alpha value is -7.42. The molecule has 0 saturated heterocycles. The van der Waals surface area contributed by atoms with Gasteiger partial charge in [0.05, 0.1) is 16.4 Å². The number of hydrogen-bond acceptors (Lipinski definition) is 1. The lowest BCUT2D eigenvalue weighted by atomic mass is 9.68. The third-order valence-corrected chi connectivity index (χ3v) is 11.8. The van der Waals surface area contributed by atoms with Crippen molar-refractivity contribution in [2.45, 2.75) is 5.41 Å². The van der Waals surface area contributed by atoms with Gasteiger partial charge < -0.3 is 9.47 Å². The summed E-state index contributed by atoms with van der Waals surface area (Å²) >= 11 is 0. The molecule has 2 heteroatoms. The summed E-state index contributed by atoms with van der Waals surface area (Å²) in [7, 11) is 0. The second kappa shape index (κ2) is 13.4. The third-order valence-electron chi connectivity index (χ3n) is 11.8. The number of anilines is 3. The fourth-order valence-corrected chi connectivity index (χ4v) is 9.43. The number of aromatic nitrogens is 1. The van der Waals surface area contributed by atoms with Crippen LogP contribution in [-0.2, 0) is 5.41 Å². The monoisotopic (exact) mass is 726 g/mol. The van der Waals surface area contributed by atoms with Crippen molar-refractivity contribution in [2.24, 2.45) is 0 Å². The van der Waals surface area contributed by atoms with Crippen LogP contribution in [0.5, 0.6) is 0 Å². The Morgan fingerprint density at radius 3 is 1.65 bits per heavy atom. The van der Waals surface area contributed by atoms with Gasteiger partial charge in [-0.2, -0.15) is 0 Å². The van der Waals surface area contributed by atoms with Crippen molar-refractivity contribution in [3.63, 3.8) is 0 Å². The Balaban J connectivity index is 1.13. The maximum absolute atomic E-state index is 2.43. The molecule has 0 fully saturated rings. The second-order valence-corrected chi connectivity index (χ2v) is 14.9. The van der Waals surface area contributed by atoms with Gasteiger partial charge >= 0.3 is 0 Å². The number of para-hydroxylation sites is 2. The largest absolute Gasteiger partial charge is 0.310 e. The van der Waals surface area contributed by atoms with Crippen molar-refractivity contribution in [3.05, 3.63) is 253 Å². The molecule has 0 spiro atoms. The van der Waals surface area contributed by atoms with Gasteiger partial charge in [0.15, 0.2) is 0 Å². The molecular formula is C55H38N2. The molecule has 0 aliphatic heterocycles. The van der Waals surface area contributed by atoms with Crippen molar-refractivity contribution < 1.29 is 0 Å². The van der Waals surface area contributed by atoms with Crippen LogP contribution in [0.15, 0.2) is 231 Å². The van der Waals surface area contributed by atoms with E-state index in [-0.39, 0.29) is 0 Å². The maximum atomic E-state index is 2.43. The molecule has 0 N–H and O–H groups in total. The average Bonchev–Trinajstić information content (AvgIpc) is 3.78. The van der Waals surface area contributed by atoms with E-state index >= 15 is 0 Å². The molecule has 1 aliphatic carbocycles. The van der Waals surface area contributed by atoms with Crippen molar-refractivity contribution in [3.8, 4) is 27.9 Å². The van der Waals surface area contributed by atoms with E-state index in [4.69, 9.17) is 0 Å². The predicted molar refractivity (Wildman–Crippen MR) is 238 cm³/mol. The maximum Gasteiger partial charge on any atom is 0.0713 e. The Morgan fingerprint density at radius 2 is 0.895 bits per heavy atom. The van der Waals surface area contributed by atoms with Crippen LogP contribution >= 0.6 is 0 Å². The summed E-state index contributed by atoms with van der Waals surface area (Å²) in [5.74, 6) is 0. The van der Waals surface area contributed by atoms with Gasteiger partial charge in [0.1, 0.15) is 0 Å². The van der Waals surface area contributed by atoms with Crippen LogP contribution in [0.25, 0.3) is 49.7 Å². The summed E-state index contributed by atoms with van der Waals surface area (Å²) in [6.45, 7) is 0. The Kier molecular flexibility index (Phi) is 7.75. The quantitative estimate of drug-likeness (QED) is 0.159. The molecule has 0 bridgehead atoms. The highest BCUT2D eigenvalue weighted by atomic mass is 15.1. The van der Waals surface area contributed by atoms with Crippen LogP contribution in [-0.4, -0.2) is 4.57 Å². The lowest BCUT2D eigenvalue weighted by Gasteiger charge is -2.34. The predicted octanol–water partition coefficient (Wildman–Crippen LogP) is 14.3. The number of hydrogen-bond donors (Lipinski definition) is 0. The van der Waals surface area contributed by atoms with Crippen LogP contribution in [0.3, 0.4) is 0 Å². The van der Waals surface area contributed by atoms with Crippen LogP contribution < -0.4 is 4.90 Å². The van der Waals surface area contributed by atoms with Crippen molar-refractivity contribution in [1.82, 2.24) is 4.57 Å². The highest BCUT2D eigenvalue weighted by Gasteiger charge is 2.46. The van der Waals surface area contributed by atoms with E-state index < -0.39 is 5.41 Å².